The maximum Gasteiger partial charge on any atom is 0.337 e. The summed E-state index contributed by atoms with van der Waals surface area (Å²) in [7, 11) is 1.26. The lowest BCUT2D eigenvalue weighted by molar-refractivity contribution is -0.384. The van der Waals surface area contributed by atoms with Crippen molar-refractivity contribution in [1.82, 2.24) is 0 Å². The molecule has 0 fully saturated rings. The van der Waals surface area contributed by atoms with E-state index in [0.29, 0.717) is 16.8 Å². The Balaban J connectivity index is 2.18. The number of nitro benzene ring substituents is 1. The normalized spacial score (nSPS) is 10.5. The highest BCUT2D eigenvalue weighted by Gasteiger charge is 2.12. The lowest BCUT2D eigenvalue weighted by atomic mass is 10.1. The van der Waals surface area contributed by atoms with Gasteiger partial charge in [0.15, 0.2) is 0 Å². The number of nitrogens with zero attached hydrogens (tertiary/aromatic N) is 2. The third kappa shape index (κ3) is 4.52. The van der Waals surface area contributed by atoms with Crippen molar-refractivity contribution in [2.75, 3.05) is 12.4 Å². The van der Waals surface area contributed by atoms with Crippen LogP contribution in [0.4, 0.5) is 11.4 Å². The second-order valence-corrected chi connectivity index (χ2v) is 5.04. The number of carbonyl (C=O) groups is 2. The first kappa shape index (κ1) is 18.4. The highest BCUT2D eigenvalue weighted by molar-refractivity contribution is 6.09. The Morgan fingerprint density at radius 2 is 1.92 bits per heavy atom. The first-order valence-corrected chi connectivity index (χ1v) is 7.30. The van der Waals surface area contributed by atoms with Gasteiger partial charge in [0, 0.05) is 17.8 Å². The van der Waals surface area contributed by atoms with Crippen molar-refractivity contribution in [2.24, 2.45) is 0 Å². The van der Waals surface area contributed by atoms with Gasteiger partial charge in [-0.25, -0.2) is 4.79 Å². The molecule has 0 radical (unpaired) electrons. The summed E-state index contributed by atoms with van der Waals surface area (Å²) in [5.41, 5.74) is 0.685. The van der Waals surface area contributed by atoms with E-state index in [0.717, 1.165) is 0 Å². The smallest absolute Gasteiger partial charge is 0.337 e. The molecule has 0 spiro atoms. The molecule has 0 atom stereocenters. The van der Waals surface area contributed by atoms with E-state index in [-0.39, 0.29) is 11.3 Å². The van der Waals surface area contributed by atoms with Crippen molar-refractivity contribution in [1.29, 1.82) is 5.26 Å². The number of ether oxygens (including phenoxy) is 1. The van der Waals surface area contributed by atoms with Gasteiger partial charge in [-0.3, -0.25) is 14.9 Å². The number of non-ortho nitro benzene ring substituents is 1. The number of hydrogen-bond donors (Lipinski definition) is 1. The van der Waals surface area contributed by atoms with Gasteiger partial charge in [0.2, 0.25) is 0 Å². The van der Waals surface area contributed by atoms with Gasteiger partial charge in [0.05, 0.1) is 17.6 Å². The van der Waals surface area contributed by atoms with Gasteiger partial charge in [-0.05, 0) is 35.9 Å². The van der Waals surface area contributed by atoms with Crippen LogP contribution in [0.3, 0.4) is 0 Å². The van der Waals surface area contributed by atoms with Gasteiger partial charge in [0.25, 0.3) is 11.6 Å². The molecule has 1 amide bonds. The molecule has 0 aliphatic carbocycles. The fourth-order valence-electron chi connectivity index (χ4n) is 2.05. The standard InChI is InChI=1S/C18H13N3O5/c1-26-18(23)13-5-7-15(8-6-13)20-17(22)14(11-19)9-12-3-2-4-16(10-12)21(24)25/h2-10H,1H3,(H,20,22)/b14-9+. The van der Waals surface area contributed by atoms with E-state index in [1.807, 2.05) is 0 Å². The molecule has 8 heteroatoms. The minimum Gasteiger partial charge on any atom is -0.465 e. The molecule has 0 aliphatic rings. The number of esters is 1. The summed E-state index contributed by atoms with van der Waals surface area (Å²) in [4.78, 5) is 33.8. The third-order valence-corrected chi connectivity index (χ3v) is 3.32. The van der Waals surface area contributed by atoms with Gasteiger partial charge in [-0.2, -0.15) is 5.26 Å². The SMILES string of the molecule is COC(=O)c1ccc(NC(=O)/C(C#N)=C/c2cccc([N+](=O)[O-])c2)cc1. The number of benzene rings is 2. The van der Waals surface area contributed by atoms with E-state index in [1.54, 1.807) is 12.1 Å². The zero-order chi connectivity index (χ0) is 19.1. The van der Waals surface area contributed by atoms with Crippen LogP contribution in [0, 0.1) is 21.4 Å². The Hall–Kier alpha value is -3.99. The zero-order valence-corrected chi connectivity index (χ0v) is 13.6. The number of nitriles is 1. The molecule has 26 heavy (non-hydrogen) atoms. The van der Waals surface area contributed by atoms with Crippen LogP contribution < -0.4 is 5.32 Å². The maximum absolute atomic E-state index is 12.2. The highest BCUT2D eigenvalue weighted by Crippen LogP contribution is 2.17. The number of rotatable bonds is 5. The highest BCUT2D eigenvalue weighted by atomic mass is 16.6. The molecular formula is C18H13N3O5. The summed E-state index contributed by atoms with van der Waals surface area (Å²) in [6, 6.07) is 13.3. The van der Waals surface area contributed by atoms with E-state index in [1.165, 1.54) is 55.7 Å². The molecule has 8 nitrogen and oxygen atoms in total. The van der Waals surface area contributed by atoms with E-state index in [4.69, 9.17) is 0 Å². The Bertz CT molecular complexity index is 927. The number of amides is 1. The second kappa shape index (κ2) is 8.21. The van der Waals surface area contributed by atoms with Gasteiger partial charge in [-0.15, -0.1) is 0 Å². The molecule has 0 heterocycles. The average Bonchev–Trinajstić information content (AvgIpc) is 2.66. The first-order chi connectivity index (χ1) is 12.4. The largest absolute Gasteiger partial charge is 0.465 e. The van der Waals surface area contributed by atoms with Crippen LogP contribution in [-0.4, -0.2) is 23.9 Å². The fraction of sp³-hybridized carbons (Fsp3) is 0.0556. The molecule has 0 aromatic heterocycles. The number of nitrogens with one attached hydrogen (secondary N) is 1. The van der Waals surface area contributed by atoms with Gasteiger partial charge in [0.1, 0.15) is 11.6 Å². The van der Waals surface area contributed by atoms with Gasteiger partial charge in [-0.1, -0.05) is 12.1 Å². The van der Waals surface area contributed by atoms with Crippen molar-refractivity contribution in [3.8, 4) is 6.07 Å². The van der Waals surface area contributed by atoms with Gasteiger partial charge < -0.3 is 10.1 Å². The Morgan fingerprint density at radius 3 is 2.50 bits per heavy atom. The molecule has 2 rings (SSSR count). The van der Waals surface area contributed by atoms with Crippen LogP contribution in [-0.2, 0) is 9.53 Å². The lowest BCUT2D eigenvalue weighted by Crippen LogP contribution is -2.13. The molecule has 0 saturated carbocycles. The number of carbonyl (C=O) groups excluding carboxylic acids is 2. The summed E-state index contributed by atoms with van der Waals surface area (Å²) >= 11 is 0. The summed E-state index contributed by atoms with van der Waals surface area (Å²) in [5, 5.41) is 22.5. The monoisotopic (exact) mass is 351 g/mol. The number of nitro groups is 1. The fourth-order valence-corrected chi connectivity index (χ4v) is 2.05. The number of hydrogen-bond acceptors (Lipinski definition) is 6. The first-order valence-electron chi connectivity index (χ1n) is 7.30. The third-order valence-electron chi connectivity index (χ3n) is 3.32. The quantitative estimate of drug-likeness (QED) is 0.290. The van der Waals surface area contributed by atoms with E-state index in [9.17, 15) is 25.0 Å². The Kier molecular flexibility index (Phi) is 5.79. The predicted octanol–water partition coefficient (Wildman–Crippen LogP) is 2.93. The van der Waals surface area contributed by atoms with E-state index >= 15 is 0 Å². The zero-order valence-electron chi connectivity index (χ0n) is 13.6. The molecule has 130 valence electrons. The summed E-state index contributed by atoms with van der Waals surface area (Å²) < 4.78 is 4.58. The van der Waals surface area contributed by atoms with E-state index < -0.39 is 16.8 Å². The summed E-state index contributed by atoms with van der Waals surface area (Å²) in [5.74, 6) is -1.18. The second-order valence-electron chi connectivity index (χ2n) is 5.04. The molecule has 0 unspecified atom stereocenters. The Morgan fingerprint density at radius 1 is 1.23 bits per heavy atom. The number of anilines is 1. The predicted molar refractivity (Wildman–Crippen MR) is 93.1 cm³/mol. The molecule has 0 bridgehead atoms. The Labute approximate surface area is 148 Å². The molecule has 2 aromatic rings. The molecule has 2 aromatic carbocycles. The summed E-state index contributed by atoms with van der Waals surface area (Å²) in [6.45, 7) is 0. The number of methoxy groups -OCH3 is 1. The molecule has 0 saturated heterocycles. The van der Waals surface area contributed by atoms with Crippen LogP contribution in [0.1, 0.15) is 15.9 Å². The minimum atomic E-state index is -0.676. The molecule has 0 aliphatic heterocycles. The van der Waals surface area contributed by atoms with Crippen molar-refractivity contribution in [2.45, 2.75) is 0 Å². The topological polar surface area (TPSA) is 122 Å². The minimum absolute atomic E-state index is 0.144. The van der Waals surface area contributed by atoms with Crippen molar-refractivity contribution < 1.29 is 19.2 Å². The van der Waals surface area contributed by atoms with Crippen LogP contribution in [0.5, 0.6) is 0 Å². The van der Waals surface area contributed by atoms with E-state index in [2.05, 4.69) is 10.1 Å². The van der Waals surface area contributed by atoms with Crippen LogP contribution >= 0.6 is 0 Å². The lowest BCUT2D eigenvalue weighted by Gasteiger charge is -2.05. The van der Waals surface area contributed by atoms with Crippen molar-refractivity contribution in [3.63, 3.8) is 0 Å². The maximum atomic E-state index is 12.2. The summed E-state index contributed by atoms with van der Waals surface area (Å²) in [6.07, 6.45) is 1.26. The van der Waals surface area contributed by atoms with Crippen molar-refractivity contribution in [3.05, 3.63) is 75.3 Å². The molecule has 1 N–H and O–H groups in total. The van der Waals surface area contributed by atoms with Crippen LogP contribution in [0.2, 0.25) is 0 Å². The average molecular weight is 351 g/mol. The molecular weight excluding hydrogens is 338 g/mol. The van der Waals surface area contributed by atoms with Crippen molar-refractivity contribution >= 4 is 29.3 Å². The van der Waals surface area contributed by atoms with Crippen LogP contribution in [0.15, 0.2) is 54.1 Å². The van der Waals surface area contributed by atoms with Gasteiger partial charge >= 0.3 is 5.97 Å². The van der Waals surface area contributed by atoms with Crippen LogP contribution in [0.25, 0.3) is 6.08 Å².